The van der Waals surface area contributed by atoms with Crippen molar-refractivity contribution in [2.24, 2.45) is 0 Å². The van der Waals surface area contributed by atoms with Crippen molar-refractivity contribution in [1.29, 1.82) is 0 Å². The average Bonchev–Trinajstić information content (AvgIpc) is 3.18. The number of carbonyl (C=O) groups excluding carboxylic acids is 2. The van der Waals surface area contributed by atoms with Crippen molar-refractivity contribution in [1.82, 2.24) is 5.32 Å². The molecular weight excluding hydrogens is 716 g/mol. The van der Waals surface area contributed by atoms with Gasteiger partial charge in [-0.05, 0) is 52.1 Å². The molecule has 53 heavy (non-hydrogen) atoms. The first-order valence-electron chi connectivity index (χ1n) is 16.5. The van der Waals surface area contributed by atoms with Crippen LogP contribution in [0.25, 0.3) is 11.1 Å². The van der Waals surface area contributed by atoms with E-state index < -0.39 is 46.8 Å². The number of carbonyl (C=O) groups is 2. The molecule has 1 saturated heterocycles. The predicted octanol–water partition coefficient (Wildman–Crippen LogP) is 8.77. The summed E-state index contributed by atoms with van der Waals surface area (Å²) >= 11 is 1.61. The van der Waals surface area contributed by atoms with E-state index in [1.54, 1.807) is 36.0 Å². The van der Waals surface area contributed by atoms with E-state index in [2.05, 4.69) is 10.6 Å². The van der Waals surface area contributed by atoms with E-state index in [1.807, 2.05) is 72.8 Å². The highest BCUT2D eigenvalue weighted by Gasteiger charge is 2.33. The van der Waals surface area contributed by atoms with Gasteiger partial charge in [0.05, 0.1) is 18.8 Å². The van der Waals surface area contributed by atoms with Crippen LogP contribution < -0.4 is 10.6 Å². The smallest absolute Gasteiger partial charge is 0.257 e. The van der Waals surface area contributed by atoms with Crippen molar-refractivity contribution in [3.63, 3.8) is 0 Å². The maximum absolute atomic E-state index is 14.2. The number of benzene rings is 5. The Morgan fingerprint density at radius 3 is 2.04 bits per heavy atom. The van der Waals surface area contributed by atoms with Gasteiger partial charge in [0.25, 0.3) is 5.91 Å². The van der Waals surface area contributed by atoms with E-state index in [1.165, 1.54) is 6.92 Å². The average molecular weight is 749 g/mol. The molecule has 3 N–H and O–H groups in total. The SMILES string of the molecule is CC(=O)Nc1ccc(SC[C@@H]2C[C@H](c3ccc(CO)cc3)O[C@H](c3ccc(-c4ccccc4CNC(=O)c4c(F)c(F)c(F)c(F)c4F)cc3)O2)cc1. The fraction of sp³-hybridized carbons (Fsp3) is 0.200. The molecular formula is C40H33F5N2O5S. The molecule has 1 heterocycles. The molecule has 0 saturated carbocycles. The van der Waals surface area contributed by atoms with E-state index in [9.17, 15) is 36.6 Å². The standard InChI is InChI=1S/C40H33F5N2O5S/c1-22(49)47-28-14-16-30(17-15-28)53-21-29-18-32(25-8-6-23(20-48)7-9-25)52-40(51-29)26-12-10-24(11-13-26)31-5-3-2-4-27(31)19-46-39(50)33-34(41)36(43)38(45)37(44)35(33)42/h2-17,29,32,40,48H,18-21H2,1H3,(H,46,50)(H,47,49)/t29-,32+,40+/m0/s1. The lowest BCUT2D eigenvalue weighted by Gasteiger charge is -2.36. The zero-order valence-corrected chi connectivity index (χ0v) is 29.0. The Balaban J connectivity index is 1.18. The molecule has 0 aliphatic carbocycles. The number of amides is 2. The van der Waals surface area contributed by atoms with Gasteiger partial charge in [-0.15, -0.1) is 11.8 Å². The van der Waals surface area contributed by atoms with Gasteiger partial charge < -0.3 is 25.2 Å². The lowest BCUT2D eigenvalue weighted by atomic mass is 9.97. The van der Waals surface area contributed by atoms with E-state index in [4.69, 9.17) is 9.47 Å². The molecule has 0 bridgehead atoms. The minimum absolute atomic E-state index is 0.0787. The number of aliphatic hydroxyl groups is 1. The van der Waals surface area contributed by atoms with Crippen molar-refractivity contribution in [3.05, 3.63) is 154 Å². The Kier molecular flexibility index (Phi) is 11.9. The van der Waals surface area contributed by atoms with Crippen molar-refractivity contribution < 1.29 is 46.1 Å². The van der Waals surface area contributed by atoms with Crippen molar-refractivity contribution in [2.75, 3.05) is 11.1 Å². The number of thioether (sulfide) groups is 1. The second-order valence-electron chi connectivity index (χ2n) is 12.3. The third-order valence-corrected chi connectivity index (χ3v) is 9.76. The van der Waals surface area contributed by atoms with Crippen LogP contribution in [-0.4, -0.2) is 28.8 Å². The number of ether oxygens (including phenoxy) is 2. The quantitative estimate of drug-likeness (QED) is 0.0541. The third-order valence-electron chi connectivity index (χ3n) is 8.61. The Bertz CT molecular complexity index is 2070. The molecule has 3 atom stereocenters. The van der Waals surface area contributed by atoms with Crippen LogP contribution in [0.1, 0.15) is 58.4 Å². The first-order chi connectivity index (χ1) is 25.5. The van der Waals surface area contributed by atoms with Crippen molar-refractivity contribution >= 4 is 29.3 Å². The van der Waals surface area contributed by atoms with Gasteiger partial charge in [-0.3, -0.25) is 9.59 Å². The summed E-state index contributed by atoms with van der Waals surface area (Å²) in [7, 11) is 0. The van der Waals surface area contributed by atoms with Gasteiger partial charge in [0.1, 0.15) is 5.56 Å². The van der Waals surface area contributed by atoms with Gasteiger partial charge in [-0.2, -0.15) is 0 Å². The summed E-state index contributed by atoms with van der Waals surface area (Å²) in [5.41, 5.74) is 3.49. The fourth-order valence-electron chi connectivity index (χ4n) is 5.89. The lowest BCUT2D eigenvalue weighted by Crippen LogP contribution is -2.31. The van der Waals surface area contributed by atoms with Crippen LogP contribution in [0, 0.1) is 29.1 Å². The molecule has 0 spiro atoms. The van der Waals surface area contributed by atoms with Gasteiger partial charge in [-0.25, -0.2) is 22.0 Å². The molecule has 274 valence electrons. The zero-order valence-electron chi connectivity index (χ0n) is 28.2. The van der Waals surface area contributed by atoms with E-state index in [-0.39, 0.29) is 31.3 Å². The topological polar surface area (TPSA) is 96.9 Å². The lowest BCUT2D eigenvalue weighted by molar-refractivity contribution is -0.245. The minimum atomic E-state index is -2.34. The maximum Gasteiger partial charge on any atom is 0.257 e. The van der Waals surface area contributed by atoms with E-state index in [0.29, 0.717) is 29.0 Å². The predicted molar refractivity (Wildman–Crippen MR) is 189 cm³/mol. The molecule has 0 radical (unpaired) electrons. The zero-order chi connectivity index (χ0) is 37.6. The van der Waals surface area contributed by atoms with Crippen molar-refractivity contribution in [3.8, 4) is 11.1 Å². The van der Waals surface area contributed by atoms with Crippen LogP contribution in [0.5, 0.6) is 0 Å². The van der Waals surface area contributed by atoms with Crippen LogP contribution >= 0.6 is 11.8 Å². The van der Waals surface area contributed by atoms with Crippen LogP contribution in [0.4, 0.5) is 27.6 Å². The van der Waals surface area contributed by atoms with Crippen LogP contribution in [0.2, 0.25) is 0 Å². The molecule has 1 aliphatic rings. The maximum atomic E-state index is 14.2. The van der Waals surface area contributed by atoms with Gasteiger partial charge >= 0.3 is 0 Å². The summed E-state index contributed by atoms with van der Waals surface area (Å²) in [6.45, 7) is 1.11. The molecule has 5 aromatic carbocycles. The second-order valence-corrected chi connectivity index (χ2v) is 13.4. The van der Waals surface area contributed by atoms with Gasteiger partial charge in [0.15, 0.2) is 29.6 Å². The number of halogens is 5. The molecule has 1 aliphatic heterocycles. The Labute approximate surface area is 306 Å². The highest BCUT2D eigenvalue weighted by molar-refractivity contribution is 7.99. The molecule has 7 nitrogen and oxygen atoms in total. The van der Waals surface area contributed by atoms with Crippen LogP contribution in [0.3, 0.4) is 0 Å². The third kappa shape index (κ3) is 8.77. The molecule has 13 heteroatoms. The summed E-state index contributed by atoms with van der Waals surface area (Å²) in [6, 6.07) is 29.3. The summed E-state index contributed by atoms with van der Waals surface area (Å²) in [5.74, 6) is -12.2. The molecule has 0 unspecified atom stereocenters. The molecule has 5 aromatic rings. The molecule has 2 amide bonds. The van der Waals surface area contributed by atoms with Gasteiger partial charge in [-0.1, -0.05) is 72.8 Å². The first-order valence-corrected chi connectivity index (χ1v) is 17.5. The number of anilines is 1. The second kappa shape index (κ2) is 16.7. The molecule has 6 rings (SSSR count). The Hall–Kier alpha value is -5.08. The van der Waals surface area contributed by atoms with E-state index >= 15 is 0 Å². The minimum Gasteiger partial charge on any atom is -0.392 e. The number of aliphatic hydroxyl groups excluding tert-OH is 1. The summed E-state index contributed by atoms with van der Waals surface area (Å²) < 4.78 is 82.3. The van der Waals surface area contributed by atoms with Crippen LogP contribution in [0.15, 0.2) is 102 Å². The summed E-state index contributed by atoms with van der Waals surface area (Å²) in [5, 5.41) is 14.5. The molecule has 0 aromatic heterocycles. The molecule has 1 fully saturated rings. The highest BCUT2D eigenvalue weighted by atomic mass is 32.2. The number of hydrogen-bond donors (Lipinski definition) is 3. The normalized spacial score (nSPS) is 17.0. The van der Waals surface area contributed by atoms with Crippen molar-refractivity contribution in [2.45, 2.75) is 49.9 Å². The Morgan fingerprint density at radius 1 is 0.774 bits per heavy atom. The summed E-state index contributed by atoms with van der Waals surface area (Å²) in [6.07, 6.45) is -0.674. The first kappa shape index (κ1) is 37.7. The van der Waals surface area contributed by atoms with E-state index in [0.717, 1.165) is 27.1 Å². The number of rotatable bonds is 11. The largest absolute Gasteiger partial charge is 0.392 e. The number of hydrogen-bond acceptors (Lipinski definition) is 6. The Morgan fingerprint density at radius 2 is 1.40 bits per heavy atom. The monoisotopic (exact) mass is 748 g/mol. The highest BCUT2D eigenvalue weighted by Crippen LogP contribution is 2.40. The fourth-order valence-corrected chi connectivity index (χ4v) is 6.82. The van der Waals surface area contributed by atoms with Gasteiger partial charge in [0, 0.05) is 41.8 Å². The van der Waals surface area contributed by atoms with Crippen LogP contribution in [-0.2, 0) is 27.4 Å². The van der Waals surface area contributed by atoms with Gasteiger partial charge in [0.2, 0.25) is 11.7 Å². The number of nitrogens with one attached hydrogen (secondary N) is 2. The summed E-state index contributed by atoms with van der Waals surface area (Å²) in [4.78, 5) is 25.0.